The first-order chi connectivity index (χ1) is 13.6. The maximum atomic E-state index is 11.5. The summed E-state index contributed by atoms with van der Waals surface area (Å²) in [5, 5.41) is 12.6. The zero-order valence-electron chi connectivity index (χ0n) is 16.2. The molecule has 2 fully saturated rings. The van der Waals surface area contributed by atoms with Gasteiger partial charge in [-0.05, 0) is 54.4 Å². The Bertz CT molecular complexity index is 896. The van der Waals surface area contributed by atoms with Crippen molar-refractivity contribution in [2.45, 2.75) is 49.6 Å². The zero-order chi connectivity index (χ0) is 19.1. The summed E-state index contributed by atoms with van der Waals surface area (Å²) in [6, 6.07) is 18.0. The van der Waals surface area contributed by atoms with E-state index in [-0.39, 0.29) is 5.41 Å². The number of hydrogen-bond donors (Lipinski definition) is 2. The van der Waals surface area contributed by atoms with Crippen molar-refractivity contribution < 1.29 is 9.90 Å². The third-order valence-corrected chi connectivity index (χ3v) is 7.22. The van der Waals surface area contributed by atoms with Gasteiger partial charge in [-0.25, -0.2) is 0 Å². The first kappa shape index (κ1) is 17.9. The predicted molar refractivity (Wildman–Crippen MR) is 110 cm³/mol. The minimum absolute atomic E-state index is 0.178. The maximum Gasteiger partial charge on any atom is 0.322 e. The highest BCUT2D eigenvalue weighted by Crippen LogP contribution is 2.48. The Hall–Kier alpha value is -2.17. The summed E-state index contributed by atoms with van der Waals surface area (Å²) in [6.45, 7) is 2.33. The lowest BCUT2D eigenvalue weighted by Gasteiger charge is -2.37. The van der Waals surface area contributed by atoms with Crippen LogP contribution < -0.4 is 5.32 Å². The Morgan fingerprint density at radius 3 is 2.64 bits per heavy atom. The molecule has 4 heteroatoms. The average molecular weight is 377 g/mol. The summed E-state index contributed by atoms with van der Waals surface area (Å²) in [6.07, 6.45) is 5.59. The molecule has 2 N–H and O–H groups in total. The second-order valence-electron chi connectivity index (χ2n) is 8.80. The van der Waals surface area contributed by atoms with E-state index in [4.69, 9.17) is 0 Å². The fourth-order valence-electron chi connectivity index (χ4n) is 5.84. The first-order valence-electron chi connectivity index (χ1n) is 10.5. The number of carboxylic acids is 1. The van der Waals surface area contributed by atoms with Crippen molar-refractivity contribution in [1.82, 2.24) is 10.2 Å². The maximum absolute atomic E-state index is 11.5. The monoisotopic (exact) mass is 376 g/mol. The van der Waals surface area contributed by atoms with Crippen LogP contribution in [0, 0.1) is 0 Å². The Morgan fingerprint density at radius 2 is 1.82 bits per heavy atom. The van der Waals surface area contributed by atoms with Gasteiger partial charge in [0.2, 0.25) is 0 Å². The van der Waals surface area contributed by atoms with Crippen molar-refractivity contribution in [3.63, 3.8) is 0 Å². The number of rotatable bonds is 2. The molecule has 0 aromatic heterocycles. The molecule has 2 aromatic rings. The number of aliphatic carboxylic acids is 1. The van der Waals surface area contributed by atoms with Gasteiger partial charge in [0.1, 0.15) is 6.04 Å². The normalized spacial score (nSPS) is 29.9. The number of carbonyl (C=O) groups is 1. The molecule has 146 valence electrons. The van der Waals surface area contributed by atoms with Gasteiger partial charge in [-0.3, -0.25) is 9.69 Å². The van der Waals surface area contributed by atoms with E-state index in [0.717, 1.165) is 38.8 Å². The summed E-state index contributed by atoms with van der Waals surface area (Å²) in [5.74, 6) is -0.730. The van der Waals surface area contributed by atoms with Crippen molar-refractivity contribution in [1.29, 1.82) is 0 Å². The van der Waals surface area contributed by atoms with Crippen LogP contribution in [-0.4, -0.2) is 47.7 Å². The number of piperazine rings is 1. The summed E-state index contributed by atoms with van der Waals surface area (Å²) < 4.78 is 0. The van der Waals surface area contributed by atoms with Crippen LogP contribution in [0.2, 0.25) is 0 Å². The molecule has 1 aliphatic heterocycles. The number of nitrogens with one attached hydrogen (secondary N) is 1. The predicted octanol–water partition coefficient (Wildman–Crippen LogP) is 2.98. The lowest BCUT2D eigenvalue weighted by Crippen LogP contribution is -2.56. The van der Waals surface area contributed by atoms with Gasteiger partial charge in [0.05, 0.1) is 0 Å². The van der Waals surface area contributed by atoms with E-state index in [0.29, 0.717) is 12.6 Å². The Morgan fingerprint density at radius 1 is 1.07 bits per heavy atom. The highest BCUT2D eigenvalue weighted by Gasteiger charge is 2.45. The molecule has 1 saturated heterocycles. The van der Waals surface area contributed by atoms with Crippen molar-refractivity contribution in [2.75, 3.05) is 19.6 Å². The molecule has 3 atom stereocenters. The highest BCUT2D eigenvalue weighted by molar-refractivity contribution is 5.73. The third-order valence-electron chi connectivity index (χ3n) is 7.22. The number of hydrogen-bond acceptors (Lipinski definition) is 3. The van der Waals surface area contributed by atoms with Crippen molar-refractivity contribution in [3.05, 3.63) is 70.8 Å². The molecule has 28 heavy (non-hydrogen) atoms. The van der Waals surface area contributed by atoms with Crippen LogP contribution in [-0.2, 0) is 23.1 Å². The number of carboxylic acid groups (broad SMARTS) is 1. The third kappa shape index (κ3) is 3.05. The standard InChI is InChI=1S/C24H28N2O2/c27-23(28)22-16-26(12-11-25-22)20-9-10-24(15-20)14-19-7-2-1-5-17(19)13-18-6-3-4-8-21(18)24/h1-8,20,22,25H,9-16H2,(H,27,28)/t20?,22?,24-/m0/s1. The van der Waals surface area contributed by atoms with Crippen LogP contribution in [0.5, 0.6) is 0 Å². The van der Waals surface area contributed by atoms with Crippen molar-refractivity contribution in [2.24, 2.45) is 0 Å². The minimum atomic E-state index is -0.730. The van der Waals surface area contributed by atoms with Crippen LogP contribution in [0.1, 0.15) is 41.5 Å². The Labute approximate surface area is 166 Å². The Balaban J connectivity index is 1.47. The van der Waals surface area contributed by atoms with Crippen molar-refractivity contribution in [3.8, 4) is 0 Å². The number of nitrogens with zero attached hydrogens (tertiary/aromatic N) is 1. The second-order valence-corrected chi connectivity index (χ2v) is 8.80. The van der Waals surface area contributed by atoms with Crippen LogP contribution in [0.25, 0.3) is 0 Å². The van der Waals surface area contributed by atoms with Gasteiger partial charge in [-0.1, -0.05) is 48.5 Å². The van der Waals surface area contributed by atoms with Crippen LogP contribution >= 0.6 is 0 Å². The van der Waals surface area contributed by atoms with E-state index in [2.05, 4.69) is 58.7 Å². The van der Waals surface area contributed by atoms with Crippen molar-refractivity contribution >= 4 is 5.97 Å². The second kappa shape index (κ2) is 7.02. The SMILES string of the molecule is O=C(O)C1CN(C2CC[C@]3(Cc4ccccc4Cc4ccccc43)C2)CCN1. The molecular formula is C24H28N2O2. The molecule has 3 aliphatic rings. The fourth-order valence-corrected chi connectivity index (χ4v) is 5.84. The van der Waals surface area contributed by atoms with Gasteiger partial charge >= 0.3 is 5.97 Å². The molecule has 2 unspecified atom stereocenters. The van der Waals surface area contributed by atoms with Gasteiger partial charge in [-0.2, -0.15) is 0 Å². The molecule has 4 nitrogen and oxygen atoms in total. The molecule has 2 aromatic carbocycles. The first-order valence-corrected chi connectivity index (χ1v) is 10.5. The van der Waals surface area contributed by atoms with Gasteiger partial charge < -0.3 is 10.4 Å². The lowest BCUT2D eigenvalue weighted by molar-refractivity contribution is -0.140. The molecule has 1 saturated carbocycles. The molecule has 1 heterocycles. The molecule has 0 amide bonds. The summed E-state index contributed by atoms with van der Waals surface area (Å²) in [5.41, 5.74) is 6.12. The van der Waals surface area contributed by atoms with Gasteiger partial charge in [-0.15, -0.1) is 0 Å². The van der Waals surface area contributed by atoms with Crippen LogP contribution in [0.15, 0.2) is 48.5 Å². The molecule has 1 spiro atoms. The van der Waals surface area contributed by atoms with Gasteiger partial charge in [0.15, 0.2) is 0 Å². The smallest absolute Gasteiger partial charge is 0.322 e. The minimum Gasteiger partial charge on any atom is -0.480 e. The molecule has 0 radical (unpaired) electrons. The average Bonchev–Trinajstić information content (AvgIpc) is 3.09. The van der Waals surface area contributed by atoms with E-state index in [1.165, 1.54) is 28.7 Å². The largest absolute Gasteiger partial charge is 0.480 e. The fraction of sp³-hybridized carbons (Fsp3) is 0.458. The lowest BCUT2D eigenvalue weighted by atomic mass is 9.73. The Kier molecular flexibility index (Phi) is 4.48. The highest BCUT2D eigenvalue weighted by atomic mass is 16.4. The quantitative estimate of drug-likeness (QED) is 0.846. The van der Waals surface area contributed by atoms with Crippen LogP contribution in [0.4, 0.5) is 0 Å². The summed E-state index contributed by atoms with van der Waals surface area (Å²) >= 11 is 0. The molecular weight excluding hydrogens is 348 g/mol. The van der Waals surface area contributed by atoms with E-state index < -0.39 is 12.0 Å². The number of fused-ring (bicyclic) bond motifs is 3. The topological polar surface area (TPSA) is 52.6 Å². The molecule has 2 aliphatic carbocycles. The number of benzene rings is 2. The molecule has 5 rings (SSSR count). The van der Waals surface area contributed by atoms with Crippen LogP contribution in [0.3, 0.4) is 0 Å². The van der Waals surface area contributed by atoms with E-state index in [1.54, 1.807) is 0 Å². The van der Waals surface area contributed by atoms with Gasteiger partial charge in [0, 0.05) is 31.1 Å². The zero-order valence-corrected chi connectivity index (χ0v) is 16.2. The van der Waals surface area contributed by atoms with E-state index >= 15 is 0 Å². The summed E-state index contributed by atoms with van der Waals surface area (Å²) in [7, 11) is 0. The van der Waals surface area contributed by atoms with E-state index in [1.807, 2.05) is 0 Å². The van der Waals surface area contributed by atoms with Gasteiger partial charge in [0.25, 0.3) is 0 Å². The van der Waals surface area contributed by atoms with E-state index in [9.17, 15) is 9.90 Å². The molecule has 0 bridgehead atoms. The summed E-state index contributed by atoms with van der Waals surface area (Å²) in [4.78, 5) is 13.9.